The molecule has 2 heterocycles. The van der Waals surface area contributed by atoms with Gasteiger partial charge in [-0.25, -0.2) is 0 Å². The Balaban J connectivity index is 1.66. The molecule has 3 fully saturated rings. The van der Waals surface area contributed by atoms with Gasteiger partial charge in [0.15, 0.2) is 0 Å². The first-order valence-corrected chi connectivity index (χ1v) is 5.43. The molecule has 74 valence electrons. The number of piperazine rings is 1. The SMILES string of the molecule is C1CN(CC2CC2)C2(CN1)COC2. The maximum atomic E-state index is 5.37. The zero-order valence-electron chi connectivity index (χ0n) is 8.09. The average molecular weight is 182 g/mol. The van der Waals surface area contributed by atoms with Gasteiger partial charge in [-0.2, -0.15) is 0 Å². The fourth-order valence-electron chi connectivity index (χ4n) is 2.40. The molecule has 3 nitrogen and oxygen atoms in total. The van der Waals surface area contributed by atoms with Crippen LogP contribution in [0.15, 0.2) is 0 Å². The molecule has 1 N–H and O–H groups in total. The highest BCUT2D eigenvalue weighted by Crippen LogP contribution is 2.34. The van der Waals surface area contributed by atoms with Crippen LogP contribution in [-0.2, 0) is 4.74 Å². The fraction of sp³-hybridized carbons (Fsp3) is 1.00. The number of rotatable bonds is 2. The third-order valence-corrected chi connectivity index (χ3v) is 3.60. The van der Waals surface area contributed by atoms with E-state index in [0.717, 1.165) is 32.2 Å². The summed E-state index contributed by atoms with van der Waals surface area (Å²) >= 11 is 0. The van der Waals surface area contributed by atoms with E-state index in [4.69, 9.17) is 4.74 Å². The number of nitrogens with one attached hydrogen (secondary N) is 1. The molecule has 1 saturated carbocycles. The van der Waals surface area contributed by atoms with E-state index < -0.39 is 0 Å². The van der Waals surface area contributed by atoms with Crippen LogP contribution in [0.2, 0.25) is 0 Å². The molecule has 0 bridgehead atoms. The second kappa shape index (κ2) is 2.94. The van der Waals surface area contributed by atoms with Gasteiger partial charge in [0.25, 0.3) is 0 Å². The molecule has 3 aliphatic rings. The van der Waals surface area contributed by atoms with Gasteiger partial charge in [0.1, 0.15) is 0 Å². The largest absolute Gasteiger partial charge is 0.377 e. The molecular weight excluding hydrogens is 164 g/mol. The minimum atomic E-state index is 0.390. The standard InChI is InChI=1S/C10H18N2O/c1-2-9(1)5-12-4-3-11-6-10(12)7-13-8-10/h9,11H,1-8H2. The van der Waals surface area contributed by atoms with Crippen LogP contribution in [0.4, 0.5) is 0 Å². The molecule has 2 saturated heterocycles. The molecule has 3 heteroatoms. The highest BCUT2D eigenvalue weighted by Gasteiger charge is 2.46. The van der Waals surface area contributed by atoms with E-state index >= 15 is 0 Å². The third kappa shape index (κ3) is 1.39. The van der Waals surface area contributed by atoms with Crippen molar-refractivity contribution < 1.29 is 4.74 Å². The lowest BCUT2D eigenvalue weighted by Gasteiger charge is -2.52. The Bertz CT molecular complexity index is 199. The quantitative estimate of drug-likeness (QED) is 0.654. The first-order chi connectivity index (χ1) is 6.39. The molecule has 0 aromatic rings. The van der Waals surface area contributed by atoms with Gasteiger partial charge in [-0.3, -0.25) is 4.90 Å². The van der Waals surface area contributed by atoms with Crippen LogP contribution in [0.1, 0.15) is 12.8 Å². The second-order valence-corrected chi connectivity index (χ2v) is 4.78. The molecule has 1 spiro atoms. The van der Waals surface area contributed by atoms with E-state index in [0.29, 0.717) is 5.54 Å². The fourth-order valence-corrected chi connectivity index (χ4v) is 2.40. The predicted octanol–water partition coefficient (Wildman–Crippen LogP) is 0.0706. The first kappa shape index (κ1) is 8.21. The zero-order chi connectivity index (χ0) is 8.73. The van der Waals surface area contributed by atoms with Crippen molar-refractivity contribution in [1.29, 1.82) is 0 Å². The van der Waals surface area contributed by atoms with Crippen molar-refractivity contribution in [3.63, 3.8) is 0 Å². The molecule has 0 unspecified atom stereocenters. The minimum Gasteiger partial charge on any atom is -0.377 e. The molecular formula is C10H18N2O. The molecule has 13 heavy (non-hydrogen) atoms. The number of hydrogen-bond donors (Lipinski definition) is 1. The summed E-state index contributed by atoms with van der Waals surface area (Å²) < 4.78 is 5.37. The highest BCUT2D eigenvalue weighted by atomic mass is 16.5. The van der Waals surface area contributed by atoms with E-state index in [-0.39, 0.29) is 0 Å². The van der Waals surface area contributed by atoms with Crippen molar-refractivity contribution in [2.75, 3.05) is 39.4 Å². The van der Waals surface area contributed by atoms with Crippen LogP contribution in [0.3, 0.4) is 0 Å². The van der Waals surface area contributed by atoms with Crippen LogP contribution >= 0.6 is 0 Å². The number of ether oxygens (including phenoxy) is 1. The van der Waals surface area contributed by atoms with Gasteiger partial charge < -0.3 is 10.1 Å². The van der Waals surface area contributed by atoms with Gasteiger partial charge in [-0.1, -0.05) is 0 Å². The van der Waals surface area contributed by atoms with Crippen molar-refractivity contribution in [2.24, 2.45) is 5.92 Å². The van der Waals surface area contributed by atoms with Crippen molar-refractivity contribution in [3.05, 3.63) is 0 Å². The van der Waals surface area contributed by atoms with Gasteiger partial charge in [0.05, 0.1) is 18.8 Å². The Morgan fingerprint density at radius 2 is 2.23 bits per heavy atom. The molecule has 0 radical (unpaired) electrons. The lowest BCUT2D eigenvalue weighted by Crippen LogP contribution is -2.71. The first-order valence-electron chi connectivity index (χ1n) is 5.43. The molecule has 1 aliphatic carbocycles. The van der Waals surface area contributed by atoms with E-state index in [1.807, 2.05) is 0 Å². The maximum Gasteiger partial charge on any atom is 0.0804 e. The minimum absolute atomic E-state index is 0.390. The molecule has 2 aliphatic heterocycles. The lowest BCUT2D eigenvalue weighted by molar-refractivity contribution is -0.149. The Morgan fingerprint density at radius 3 is 2.85 bits per heavy atom. The average Bonchev–Trinajstić information content (AvgIpc) is 2.86. The van der Waals surface area contributed by atoms with Gasteiger partial charge in [0, 0.05) is 26.2 Å². The van der Waals surface area contributed by atoms with Gasteiger partial charge >= 0.3 is 0 Å². The van der Waals surface area contributed by atoms with Crippen LogP contribution in [0, 0.1) is 5.92 Å². The zero-order valence-corrected chi connectivity index (χ0v) is 8.09. The highest BCUT2D eigenvalue weighted by molar-refractivity contribution is 5.02. The summed E-state index contributed by atoms with van der Waals surface area (Å²) in [4.78, 5) is 2.67. The molecule has 0 atom stereocenters. The van der Waals surface area contributed by atoms with E-state index in [9.17, 15) is 0 Å². The summed E-state index contributed by atoms with van der Waals surface area (Å²) in [6, 6.07) is 0. The van der Waals surface area contributed by atoms with E-state index in [2.05, 4.69) is 10.2 Å². The molecule has 0 aromatic carbocycles. The smallest absolute Gasteiger partial charge is 0.0804 e. The van der Waals surface area contributed by atoms with Gasteiger partial charge in [0.2, 0.25) is 0 Å². The molecule has 0 aromatic heterocycles. The van der Waals surface area contributed by atoms with Crippen LogP contribution in [0.25, 0.3) is 0 Å². The van der Waals surface area contributed by atoms with Crippen molar-refractivity contribution >= 4 is 0 Å². The third-order valence-electron chi connectivity index (χ3n) is 3.60. The summed E-state index contributed by atoms with van der Waals surface area (Å²) in [5.41, 5.74) is 0.390. The van der Waals surface area contributed by atoms with Crippen LogP contribution in [-0.4, -0.2) is 49.8 Å². The lowest BCUT2D eigenvalue weighted by atomic mass is 9.92. The van der Waals surface area contributed by atoms with Crippen molar-refractivity contribution in [2.45, 2.75) is 18.4 Å². The van der Waals surface area contributed by atoms with E-state index in [1.165, 1.54) is 25.9 Å². The van der Waals surface area contributed by atoms with E-state index in [1.54, 1.807) is 0 Å². The summed E-state index contributed by atoms with van der Waals surface area (Å²) in [5.74, 6) is 1.01. The second-order valence-electron chi connectivity index (χ2n) is 4.78. The van der Waals surface area contributed by atoms with Gasteiger partial charge in [-0.05, 0) is 18.8 Å². The normalized spacial score (nSPS) is 33.2. The van der Waals surface area contributed by atoms with Crippen molar-refractivity contribution in [3.8, 4) is 0 Å². The predicted molar refractivity (Wildman–Crippen MR) is 50.7 cm³/mol. The maximum absolute atomic E-state index is 5.37. The summed E-state index contributed by atoms with van der Waals surface area (Å²) in [7, 11) is 0. The number of nitrogens with zero attached hydrogens (tertiary/aromatic N) is 1. The Morgan fingerprint density at radius 1 is 1.38 bits per heavy atom. The number of hydrogen-bond acceptors (Lipinski definition) is 3. The summed E-state index contributed by atoms with van der Waals surface area (Å²) in [6.07, 6.45) is 2.92. The van der Waals surface area contributed by atoms with Gasteiger partial charge in [-0.15, -0.1) is 0 Å². The Kier molecular flexibility index (Phi) is 1.86. The Hall–Kier alpha value is -0.120. The topological polar surface area (TPSA) is 24.5 Å². The van der Waals surface area contributed by atoms with Crippen molar-refractivity contribution in [1.82, 2.24) is 10.2 Å². The van der Waals surface area contributed by atoms with Crippen LogP contribution in [0.5, 0.6) is 0 Å². The Labute approximate surface area is 79.4 Å². The molecule has 0 amide bonds. The monoisotopic (exact) mass is 182 g/mol. The molecule has 3 rings (SSSR count). The van der Waals surface area contributed by atoms with Crippen LogP contribution < -0.4 is 5.32 Å². The summed E-state index contributed by atoms with van der Waals surface area (Å²) in [5, 5.41) is 3.48. The summed E-state index contributed by atoms with van der Waals surface area (Å²) in [6.45, 7) is 6.75.